The minimum absolute atomic E-state index is 0.0353. The van der Waals surface area contributed by atoms with E-state index >= 15 is 0 Å². The number of carbonyl (C=O) groups is 2. The molecule has 442 valence electrons. The minimum Gasteiger partial charge on any atom is -0.756 e. The Morgan fingerprint density at radius 2 is 0.740 bits per heavy atom. The fourth-order valence-corrected chi connectivity index (χ4v) is 9.02. The van der Waals surface area contributed by atoms with Crippen LogP contribution in [0.15, 0.2) is 109 Å². The summed E-state index contributed by atoms with van der Waals surface area (Å²) in [5, 5.41) is 0. The molecule has 2 unspecified atom stereocenters. The summed E-state index contributed by atoms with van der Waals surface area (Å²) in [7, 11) is 1.16. The molecule has 0 aromatic heterocycles. The third kappa shape index (κ3) is 61.7. The van der Waals surface area contributed by atoms with Crippen molar-refractivity contribution in [2.45, 2.75) is 258 Å². The van der Waals surface area contributed by atoms with Gasteiger partial charge in [-0.05, 0) is 83.5 Å². The topological polar surface area (TPSA) is 111 Å². The predicted molar refractivity (Wildman–Crippen MR) is 328 cm³/mol. The maximum atomic E-state index is 12.8. The highest BCUT2D eigenvalue weighted by molar-refractivity contribution is 7.45. The zero-order valence-electron chi connectivity index (χ0n) is 50.1. The fraction of sp³-hybridized carbons (Fsp3) is 0.701. The van der Waals surface area contributed by atoms with Crippen molar-refractivity contribution < 1.29 is 42.1 Å². The molecule has 0 aromatic rings. The molecule has 0 fully saturated rings. The van der Waals surface area contributed by atoms with E-state index in [0.717, 1.165) is 103 Å². The zero-order chi connectivity index (χ0) is 56.3. The third-order valence-electron chi connectivity index (χ3n) is 13.1. The Hall–Kier alpha value is -3.33. The van der Waals surface area contributed by atoms with E-state index in [-0.39, 0.29) is 32.0 Å². The number of hydrogen-bond acceptors (Lipinski definition) is 8. The van der Waals surface area contributed by atoms with Crippen LogP contribution in [0.25, 0.3) is 0 Å². The number of esters is 2. The Morgan fingerprint density at radius 1 is 0.416 bits per heavy atom. The van der Waals surface area contributed by atoms with Gasteiger partial charge in [0.25, 0.3) is 7.82 Å². The van der Waals surface area contributed by atoms with Crippen molar-refractivity contribution in [3.8, 4) is 0 Å². The van der Waals surface area contributed by atoms with E-state index in [9.17, 15) is 19.0 Å². The van der Waals surface area contributed by atoms with Crippen LogP contribution in [-0.2, 0) is 32.7 Å². The van der Waals surface area contributed by atoms with Gasteiger partial charge in [0.1, 0.15) is 19.8 Å². The lowest BCUT2D eigenvalue weighted by molar-refractivity contribution is -0.870. The molecule has 0 spiro atoms. The molecular formula is C67H116NO8P. The number of unbranched alkanes of at least 4 members (excludes halogenated alkanes) is 24. The summed E-state index contributed by atoms with van der Waals surface area (Å²) in [5.41, 5.74) is 0. The van der Waals surface area contributed by atoms with Crippen LogP contribution >= 0.6 is 7.82 Å². The molecule has 0 aliphatic carbocycles. The number of likely N-dealkylation sites (N-methyl/N-ethyl adjacent to an activating group) is 1. The van der Waals surface area contributed by atoms with Gasteiger partial charge in [-0.3, -0.25) is 14.2 Å². The Morgan fingerprint density at radius 3 is 1.10 bits per heavy atom. The summed E-state index contributed by atoms with van der Waals surface area (Å²) in [4.78, 5) is 37.9. The molecule has 0 bridgehead atoms. The number of ether oxygens (including phenoxy) is 2. The molecule has 0 saturated heterocycles. The molecule has 0 radical (unpaired) electrons. The van der Waals surface area contributed by atoms with E-state index in [4.69, 9.17) is 18.5 Å². The molecule has 0 aliphatic heterocycles. The van der Waals surface area contributed by atoms with E-state index in [1.807, 2.05) is 21.1 Å². The summed E-state index contributed by atoms with van der Waals surface area (Å²) in [6.45, 7) is 4.13. The molecule has 77 heavy (non-hydrogen) atoms. The molecular weight excluding hydrogens is 978 g/mol. The first-order valence-electron chi connectivity index (χ1n) is 31.1. The molecule has 0 N–H and O–H groups in total. The van der Waals surface area contributed by atoms with Gasteiger partial charge in [0.15, 0.2) is 6.10 Å². The van der Waals surface area contributed by atoms with Gasteiger partial charge in [-0.2, -0.15) is 0 Å². The van der Waals surface area contributed by atoms with E-state index in [2.05, 4.69) is 123 Å². The molecule has 9 nitrogen and oxygen atoms in total. The number of rotatable bonds is 56. The summed E-state index contributed by atoms with van der Waals surface area (Å²) in [6, 6.07) is 0. The number of hydrogen-bond donors (Lipinski definition) is 0. The van der Waals surface area contributed by atoms with Crippen molar-refractivity contribution in [1.82, 2.24) is 0 Å². The van der Waals surface area contributed by atoms with Crippen LogP contribution in [0.4, 0.5) is 0 Å². The average Bonchev–Trinajstić information content (AvgIpc) is 3.39. The second-order valence-corrected chi connectivity index (χ2v) is 23.1. The zero-order valence-corrected chi connectivity index (χ0v) is 51.0. The Bertz CT molecular complexity index is 1670. The van der Waals surface area contributed by atoms with Crippen LogP contribution in [0.1, 0.15) is 251 Å². The number of quaternary nitrogens is 1. The second-order valence-electron chi connectivity index (χ2n) is 21.7. The van der Waals surface area contributed by atoms with Crippen LogP contribution in [0.5, 0.6) is 0 Å². The summed E-state index contributed by atoms with van der Waals surface area (Å²) >= 11 is 0. The molecule has 0 amide bonds. The largest absolute Gasteiger partial charge is 0.756 e. The lowest BCUT2D eigenvalue weighted by Crippen LogP contribution is -2.37. The molecule has 0 aromatic carbocycles. The smallest absolute Gasteiger partial charge is 0.306 e. The SMILES string of the molecule is CC/C=C\C/C=C\C/C=C\C/C=C\C/C=C\C/C=C\C/C=C\C/C=C\C/C=C\CCCCCCCCCCCC(=O)OC(COC(=O)CCCCCCCCCCCCCCCCCC)COP(=O)([O-])OCC[N+](C)(C)C. The van der Waals surface area contributed by atoms with Crippen LogP contribution in [0, 0.1) is 0 Å². The Kier molecular flexibility index (Phi) is 54.9. The van der Waals surface area contributed by atoms with Gasteiger partial charge >= 0.3 is 11.9 Å². The number of phosphoric ester groups is 1. The van der Waals surface area contributed by atoms with E-state index in [0.29, 0.717) is 17.4 Å². The van der Waals surface area contributed by atoms with Crippen molar-refractivity contribution in [2.75, 3.05) is 47.5 Å². The highest BCUT2D eigenvalue weighted by atomic mass is 31.2. The van der Waals surface area contributed by atoms with Crippen molar-refractivity contribution in [1.29, 1.82) is 0 Å². The number of carbonyl (C=O) groups excluding carboxylic acids is 2. The Labute approximate surface area is 474 Å². The lowest BCUT2D eigenvalue weighted by atomic mass is 10.0. The van der Waals surface area contributed by atoms with E-state index in [1.54, 1.807) is 0 Å². The fourth-order valence-electron chi connectivity index (χ4n) is 8.30. The van der Waals surface area contributed by atoms with Crippen LogP contribution in [-0.4, -0.2) is 70.0 Å². The van der Waals surface area contributed by atoms with Gasteiger partial charge in [-0.25, -0.2) is 0 Å². The van der Waals surface area contributed by atoms with Crippen molar-refractivity contribution in [2.24, 2.45) is 0 Å². The summed E-state index contributed by atoms with van der Waals surface area (Å²) in [5.74, 6) is -0.838. The summed E-state index contributed by atoms with van der Waals surface area (Å²) < 4.78 is 34.2. The predicted octanol–water partition coefficient (Wildman–Crippen LogP) is 19.1. The third-order valence-corrected chi connectivity index (χ3v) is 14.0. The monoisotopic (exact) mass is 1090 g/mol. The second kappa shape index (κ2) is 57.4. The number of phosphoric acid groups is 1. The van der Waals surface area contributed by atoms with Crippen molar-refractivity contribution in [3.63, 3.8) is 0 Å². The van der Waals surface area contributed by atoms with Crippen molar-refractivity contribution >= 4 is 19.8 Å². The lowest BCUT2D eigenvalue weighted by Gasteiger charge is -2.28. The van der Waals surface area contributed by atoms with Gasteiger partial charge < -0.3 is 27.9 Å². The van der Waals surface area contributed by atoms with Gasteiger partial charge in [0, 0.05) is 12.8 Å². The molecule has 10 heteroatoms. The van der Waals surface area contributed by atoms with Gasteiger partial charge in [0.2, 0.25) is 0 Å². The maximum Gasteiger partial charge on any atom is 0.306 e. The first-order chi connectivity index (χ1) is 37.5. The molecule has 0 aliphatic rings. The van der Waals surface area contributed by atoms with E-state index < -0.39 is 26.5 Å². The first-order valence-corrected chi connectivity index (χ1v) is 32.6. The van der Waals surface area contributed by atoms with Crippen LogP contribution in [0.3, 0.4) is 0 Å². The quantitative estimate of drug-likeness (QED) is 0.0195. The normalized spacial score (nSPS) is 14.0. The molecule has 0 rings (SSSR count). The van der Waals surface area contributed by atoms with Crippen LogP contribution in [0.2, 0.25) is 0 Å². The molecule has 0 heterocycles. The van der Waals surface area contributed by atoms with Gasteiger partial charge in [-0.15, -0.1) is 0 Å². The minimum atomic E-state index is -4.64. The van der Waals surface area contributed by atoms with Crippen molar-refractivity contribution in [3.05, 3.63) is 109 Å². The van der Waals surface area contributed by atoms with Gasteiger partial charge in [0.05, 0.1) is 27.7 Å². The summed E-state index contributed by atoms with van der Waals surface area (Å²) in [6.07, 6.45) is 80.0. The number of nitrogens with zero attached hydrogens (tertiary/aromatic N) is 1. The van der Waals surface area contributed by atoms with E-state index in [1.165, 1.54) is 116 Å². The highest BCUT2D eigenvalue weighted by Gasteiger charge is 2.22. The number of allylic oxidation sites excluding steroid dienone is 18. The first kappa shape index (κ1) is 73.7. The van der Waals surface area contributed by atoms with Crippen LogP contribution < -0.4 is 4.89 Å². The highest BCUT2D eigenvalue weighted by Crippen LogP contribution is 2.38. The standard InChI is InChI=1S/C67H116NO8P/c1-6-8-10-12-14-16-18-20-22-24-25-26-27-28-29-30-31-32-33-34-35-36-37-38-39-40-41-42-43-44-46-48-50-52-54-56-58-60-67(70)76-65(64-75-77(71,72)74-62-61-68(3,4)5)63-73-66(69)59-57-55-53-51-49-47-45-23-21-19-17-15-13-11-9-7-2/h8,10,14,16,20,22,25-26,28-29,31-32,34-35,37-38,40-41,65H,6-7,9,11-13,15,17-19,21,23-24,27,30,33,36,39,42-64H2,1-5H3/b10-8-,16-14-,22-20-,26-25-,29-28-,32-31-,35-34-,38-37-,41-40-. The van der Waals surface area contributed by atoms with Gasteiger partial charge in [-0.1, -0.05) is 264 Å². The molecule has 0 saturated carbocycles. The maximum absolute atomic E-state index is 12.8. The Balaban J connectivity index is 4.12. The average molecular weight is 1090 g/mol. The molecule has 2 atom stereocenters.